The van der Waals surface area contributed by atoms with Crippen LogP contribution in [0.4, 0.5) is 5.69 Å². The molecule has 168 valence electrons. The SMILES string of the molecule is CC(C)(CCI)CC(C)(C)CNc1cccc2c1C(=O)N(C1CCC(=O)NC1=O)C2=O. The van der Waals surface area contributed by atoms with Gasteiger partial charge in [0.25, 0.3) is 11.8 Å². The molecule has 1 aromatic carbocycles. The Kier molecular flexibility index (Phi) is 6.78. The Labute approximate surface area is 196 Å². The minimum absolute atomic E-state index is 0.0208. The molecule has 2 aliphatic heterocycles. The molecule has 1 unspecified atom stereocenters. The van der Waals surface area contributed by atoms with Crippen molar-refractivity contribution in [1.29, 1.82) is 0 Å². The fraction of sp³-hybridized carbons (Fsp3) is 0.565. The maximum atomic E-state index is 13.2. The first-order valence-corrected chi connectivity index (χ1v) is 12.1. The first kappa shape index (κ1) is 23.7. The van der Waals surface area contributed by atoms with Gasteiger partial charge in [-0.15, -0.1) is 0 Å². The van der Waals surface area contributed by atoms with Gasteiger partial charge in [-0.3, -0.25) is 29.4 Å². The molecule has 7 nitrogen and oxygen atoms in total. The molecular formula is C23H30IN3O4. The van der Waals surface area contributed by atoms with Crippen molar-refractivity contribution in [2.75, 3.05) is 16.3 Å². The van der Waals surface area contributed by atoms with E-state index in [0.717, 1.165) is 22.2 Å². The Balaban J connectivity index is 1.79. The summed E-state index contributed by atoms with van der Waals surface area (Å²) >= 11 is 2.40. The lowest BCUT2D eigenvalue weighted by Crippen LogP contribution is -2.54. The second kappa shape index (κ2) is 8.88. The molecule has 1 fully saturated rings. The molecule has 3 rings (SSSR count). The zero-order valence-corrected chi connectivity index (χ0v) is 20.7. The Morgan fingerprint density at radius 1 is 1.10 bits per heavy atom. The molecule has 8 heteroatoms. The quantitative estimate of drug-likeness (QED) is 0.298. The van der Waals surface area contributed by atoms with Crippen molar-refractivity contribution in [3.05, 3.63) is 29.3 Å². The van der Waals surface area contributed by atoms with Crippen molar-refractivity contribution in [3.8, 4) is 0 Å². The summed E-state index contributed by atoms with van der Waals surface area (Å²) in [5.74, 6) is -1.95. The van der Waals surface area contributed by atoms with Gasteiger partial charge in [0.1, 0.15) is 6.04 Å². The first-order chi connectivity index (χ1) is 14.5. The first-order valence-electron chi connectivity index (χ1n) is 10.6. The Morgan fingerprint density at radius 2 is 1.81 bits per heavy atom. The highest BCUT2D eigenvalue weighted by atomic mass is 127. The highest BCUT2D eigenvalue weighted by Crippen LogP contribution is 2.38. The van der Waals surface area contributed by atoms with Crippen LogP contribution in [-0.4, -0.2) is 45.5 Å². The van der Waals surface area contributed by atoms with E-state index >= 15 is 0 Å². The number of halogens is 1. The van der Waals surface area contributed by atoms with E-state index < -0.39 is 23.8 Å². The van der Waals surface area contributed by atoms with E-state index in [2.05, 4.69) is 60.9 Å². The largest absolute Gasteiger partial charge is 0.384 e. The van der Waals surface area contributed by atoms with Gasteiger partial charge in [0, 0.05) is 23.1 Å². The number of carbonyl (C=O) groups excluding carboxylic acids is 4. The van der Waals surface area contributed by atoms with E-state index in [-0.39, 0.29) is 29.6 Å². The number of anilines is 1. The van der Waals surface area contributed by atoms with Gasteiger partial charge in [-0.25, -0.2) is 0 Å². The highest BCUT2D eigenvalue weighted by molar-refractivity contribution is 14.1. The maximum Gasteiger partial charge on any atom is 0.264 e. The molecule has 0 aliphatic carbocycles. The minimum Gasteiger partial charge on any atom is -0.384 e. The van der Waals surface area contributed by atoms with E-state index in [9.17, 15) is 19.2 Å². The third kappa shape index (κ3) is 5.10. The van der Waals surface area contributed by atoms with Gasteiger partial charge in [0.05, 0.1) is 11.1 Å². The van der Waals surface area contributed by atoms with Gasteiger partial charge in [0.15, 0.2) is 0 Å². The summed E-state index contributed by atoms with van der Waals surface area (Å²) in [7, 11) is 0. The van der Waals surface area contributed by atoms with Crippen molar-refractivity contribution in [3.63, 3.8) is 0 Å². The van der Waals surface area contributed by atoms with Crippen LogP contribution in [0, 0.1) is 10.8 Å². The van der Waals surface area contributed by atoms with E-state index in [1.165, 1.54) is 0 Å². The molecule has 4 amide bonds. The molecule has 1 aromatic rings. The molecule has 2 N–H and O–H groups in total. The van der Waals surface area contributed by atoms with Crippen molar-refractivity contribution < 1.29 is 19.2 Å². The molecule has 2 aliphatic rings. The third-order valence-corrected chi connectivity index (χ3v) is 6.49. The van der Waals surface area contributed by atoms with Gasteiger partial charge in [-0.2, -0.15) is 0 Å². The zero-order chi connectivity index (χ0) is 23.0. The van der Waals surface area contributed by atoms with E-state index in [4.69, 9.17) is 0 Å². The second-order valence-corrected chi connectivity index (χ2v) is 11.1. The summed E-state index contributed by atoms with van der Waals surface area (Å²) < 4.78 is 1.10. The van der Waals surface area contributed by atoms with Crippen LogP contribution in [-0.2, 0) is 9.59 Å². The lowest BCUT2D eigenvalue weighted by molar-refractivity contribution is -0.136. The Morgan fingerprint density at radius 3 is 2.45 bits per heavy atom. The number of benzene rings is 1. The summed E-state index contributed by atoms with van der Waals surface area (Å²) in [6, 6.07) is 4.20. The van der Waals surface area contributed by atoms with Crippen LogP contribution < -0.4 is 10.6 Å². The van der Waals surface area contributed by atoms with Crippen LogP contribution in [0.2, 0.25) is 0 Å². The van der Waals surface area contributed by atoms with Crippen molar-refractivity contribution >= 4 is 51.9 Å². The summed E-state index contributed by atoms with van der Waals surface area (Å²) in [4.78, 5) is 50.9. The van der Waals surface area contributed by atoms with E-state index in [1.54, 1.807) is 18.2 Å². The number of rotatable bonds is 8. The Hall–Kier alpha value is -1.97. The molecule has 0 bridgehead atoms. The van der Waals surface area contributed by atoms with Gasteiger partial charge in [0.2, 0.25) is 11.8 Å². The Bertz CT molecular complexity index is 925. The van der Waals surface area contributed by atoms with E-state index in [0.29, 0.717) is 23.4 Å². The molecule has 0 saturated carbocycles. The summed E-state index contributed by atoms with van der Waals surface area (Å²) in [5.41, 5.74) is 1.39. The van der Waals surface area contributed by atoms with Crippen LogP contribution in [0.3, 0.4) is 0 Å². The third-order valence-electron chi connectivity index (χ3n) is 5.95. The van der Waals surface area contributed by atoms with Crippen LogP contribution in [0.1, 0.15) is 74.1 Å². The number of alkyl halides is 1. The highest BCUT2D eigenvalue weighted by Gasteiger charge is 2.45. The van der Waals surface area contributed by atoms with Crippen LogP contribution in [0.15, 0.2) is 18.2 Å². The van der Waals surface area contributed by atoms with Crippen molar-refractivity contribution in [1.82, 2.24) is 10.2 Å². The summed E-state index contributed by atoms with van der Waals surface area (Å²) in [6.45, 7) is 9.58. The smallest absolute Gasteiger partial charge is 0.264 e. The van der Waals surface area contributed by atoms with Gasteiger partial charge in [-0.05, 0) is 42.2 Å². The molecule has 0 radical (unpaired) electrons. The number of carbonyl (C=O) groups is 4. The maximum absolute atomic E-state index is 13.2. The molecule has 0 aromatic heterocycles. The molecule has 31 heavy (non-hydrogen) atoms. The zero-order valence-electron chi connectivity index (χ0n) is 18.5. The number of imide groups is 2. The lowest BCUT2D eigenvalue weighted by Gasteiger charge is -2.35. The fourth-order valence-corrected chi connectivity index (χ4v) is 6.16. The van der Waals surface area contributed by atoms with Gasteiger partial charge < -0.3 is 5.32 Å². The fourth-order valence-electron chi connectivity index (χ4n) is 4.70. The standard InChI is InChI=1S/C23H30IN3O4/c1-22(2,10-11-24)12-23(3,4)13-25-15-7-5-6-14-18(15)21(31)27(20(14)30)16-8-9-17(28)26-19(16)29/h5-7,16,25H,8-13H2,1-4H3,(H,26,28,29). The van der Waals surface area contributed by atoms with Gasteiger partial charge in [-0.1, -0.05) is 56.4 Å². The van der Waals surface area contributed by atoms with E-state index in [1.807, 2.05) is 0 Å². The summed E-state index contributed by atoms with van der Waals surface area (Å²) in [6.07, 6.45) is 2.40. The number of nitrogens with one attached hydrogen (secondary N) is 2. The van der Waals surface area contributed by atoms with Crippen molar-refractivity contribution in [2.45, 2.75) is 59.4 Å². The van der Waals surface area contributed by atoms with Gasteiger partial charge >= 0.3 is 0 Å². The average Bonchev–Trinajstić information content (AvgIpc) is 2.91. The number of amides is 4. The summed E-state index contributed by atoms with van der Waals surface area (Å²) in [5, 5.41) is 5.61. The monoisotopic (exact) mass is 539 g/mol. The normalized spacial score (nSPS) is 19.5. The number of hydrogen-bond donors (Lipinski definition) is 2. The average molecular weight is 539 g/mol. The molecule has 1 atom stereocenters. The molecular weight excluding hydrogens is 509 g/mol. The molecule has 2 heterocycles. The second-order valence-electron chi connectivity index (χ2n) is 9.97. The topological polar surface area (TPSA) is 95.6 Å². The number of fused-ring (bicyclic) bond motifs is 1. The number of piperidine rings is 1. The number of nitrogens with zero attached hydrogens (tertiary/aromatic N) is 1. The minimum atomic E-state index is -0.955. The van der Waals surface area contributed by atoms with Crippen molar-refractivity contribution in [2.24, 2.45) is 10.8 Å². The predicted molar refractivity (Wildman–Crippen MR) is 127 cm³/mol. The molecule has 1 saturated heterocycles. The predicted octanol–water partition coefficient (Wildman–Crippen LogP) is 3.77. The van der Waals surface area contributed by atoms with Crippen LogP contribution in [0.25, 0.3) is 0 Å². The molecule has 0 spiro atoms. The van der Waals surface area contributed by atoms with Crippen LogP contribution >= 0.6 is 22.6 Å². The number of hydrogen-bond acceptors (Lipinski definition) is 5. The van der Waals surface area contributed by atoms with Crippen LogP contribution in [0.5, 0.6) is 0 Å². The lowest BCUT2D eigenvalue weighted by atomic mass is 9.73.